The first kappa shape index (κ1) is 26.3. The highest BCUT2D eigenvalue weighted by atomic mass is 32.2. The van der Waals surface area contributed by atoms with Crippen molar-refractivity contribution in [2.75, 3.05) is 19.0 Å². The van der Waals surface area contributed by atoms with Gasteiger partial charge in [0.1, 0.15) is 29.5 Å². The van der Waals surface area contributed by atoms with Crippen molar-refractivity contribution in [1.82, 2.24) is 19.9 Å². The maximum absolute atomic E-state index is 12.8. The number of hydrogen-bond donors (Lipinski definition) is 1. The fourth-order valence-corrected chi connectivity index (χ4v) is 4.70. The van der Waals surface area contributed by atoms with Crippen molar-refractivity contribution in [1.29, 1.82) is 0 Å². The van der Waals surface area contributed by atoms with Gasteiger partial charge >= 0.3 is 12.1 Å². The number of fused-ring (bicyclic) bond motifs is 1. The maximum atomic E-state index is 12.8. The number of rotatable bonds is 10. The second-order valence-electron chi connectivity index (χ2n) is 8.67. The molecule has 3 heterocycles. The normalized spacial score (nSPS) is 19.9. The molecule has 1 aromatic heterocycles. The Morgan fingerprint density at radius 2 is 2.14 bits per heavy atom. The third kappa shape index (κ3) is 6.66. The molecular weight excluding hydrogens is 482 g/mol. The zero-order chi connectivity index (χ0) is 25.6. The molecule has 3 rings (SSSR count). The number of β-lactam (4-membered cyclic amide) rings is 1. The predicted molar refractivity (Wildman–Crippen MR) is 122 cm³/mol. The van der Waals surface area contributed by atoms with Crippen molar-refractivity contribution >= 4 is 42.4 Å². The number of aliphatic hydroxyl groups excluding tert-OH is 1. The van der Waals surface area contributed by atoms with E-state index in [1.165, 1.54) is 27.6 Å². The molecular formula is C21H27N5O8S. The summed E-state index contributed by atoms with van der Waals surface area (Å²) >= 11 is 1.36. The SMILES string of the molecule is CC(C)(C)OC(=O)N=CC1C(=O)N2C(C(=O)OCCCn3cc(COC=O)nn3)=C(CO)CSC12. The lowest BCUT2D eigenvalue weighted by atomic mass is 9.96. The summed E-state index contributed by atoms with van der Waals surface area (Å²) in [5, 5.41) is 17.0. The summed E-state index contributed by atoms with van der Waals surface area (Å²) in [5.41, 5.74) is 0.194. The molecule has 1 fully saturated rings. The molecule has 2 atom stereocenters. The van der Waals surface area contributed by atoms with E-state index < -0.39 is 41.5 Å². The molecule has 190 valence electrons. The van der Waals surface area contributed by atoms with E-state index in [4.69, 9.17) is 9.47 Å². The number of aliphatic hydroxyl groups is 1. The lowest BCUT2D eigenvalue weighted by Crippen LogP contribution is -2.62. The van der Waals surface area contributed by atoms with Crippen molar-refractivity contribution in [2.45, 2.75) is 51.3 Å². The predicted octanol–water partition coefficient (Wildman–Crippen LogP) is 0.668. The van der Waals surface area contributed by atoms with Crippen molar-refractivity contribution < 1.29 is 38.5 Å². The highest BCUT2D eigenvalue weighted by Crippen LogP contribution is 2.43. The van der Waals surface area contributed by atoms with Gasteiger partial charge in [-0.05, 0) is 26.3 Å². The quantitative estimate of drug-likeness (QED) is 0.118. The fourth-order valence-electron chi connectivity index (χ4n) is 3.35. The minimum Gasteiger partial charge on any atom is -0.461 e. The van der Waals surface area contributed by atoms with Crippen molar-refractivity contribution in [3.8, 4) is 0 Å². The van der Waals surface area contributed by atoms with Crippen LogP contribution in [0.25, 0.3) is 0 Å². The standard InChI is InChI=1S/C21H27N5O8S/c1-21(2,3)34-20(31)22-7-15-17(29)26-16(13(9-27)11-35-18(15)26)19(30)33-6-4-5-25-8-14(23-24-25)10-32-12-28/h7-8,12,15,18,27H,4-6,9-11H2,1-3H3. The maximum Gasteiger partial charge on any atom is 0.433 e. The van der Waals surface area contributed by atoms with Crippen LogP contribution in [0, 0.1) is 5.92 Å². The number of nitrogens with zero attached hydrogens (tertiary/aromatic N) is 5. The number of ether oxygens (including phenoxy) is 3. The Hall–Kier alpha value is -3.26. The van der Waals surface area contributed by atoms with Crippen molar-refractivity contribution in [2.24, 2.45) is 10.9 Å². The average Bonchev–Trinajstić information content (AvgIpc) is 3.25. The molecule has 0 spiro atoms. The van der Waals surface area contributed by atoms with Crippen LogP contribution < -0.4 is 0 Å². The Bertz CT molecular complexity index is 1030. The summed E-state index contributed by atoms with van der Waals surface area (Å²) in [7, 11) is 0. The molecule has 14 heteroatoms. The molecule has 1 aromatic rings. The van der Waals surface area contributed by atoms with Gasteiger partial charge in [0.2, 0.25) is 5.91 Å². The number of carbonyl (C=O) groups is 4. The van der Waals surface area contributed by atoms with Gasteiger partial charge < -0.3 is 19.3 Å². The Labute approximate surface area is 205 Å². The monoisotopic (exact) mass is 509 g/mol. The van der Waals surface area contributed by atoms with Gasteiger partial charge in [-0.1, -0.05) is 5.21 Å². The molecule has 2 amide bonds. The third-order valence-electron chi connectivity index (χ3n) is 4.86. The molecule has 0 aromatic carbocycles. The molecule has 1 N–H and O–H groups in total. The zero-order valence-electron chi connectivity index (χ0n) is 19.6. The number of aliphatic imine (C=N–C) groups is 1. The van der Waals surface area contributed by atoms with Crippen LogP contribution in [0.3, 0.4) is 0 Å². The number of amides is 2. The van der Waals surface area contributed by atoms with E-state index >= 15 is 0 Å². The minimum atomic E-state index is -0.799. The summed E-state index contributed by atoms with van der Waals surface area (Å²) in [6.07, 6.45) is 2.47. The van der Waals surface area contributed by atoms with Crippen LogP contribution in [0.2, 0.25) is 0 Å². The van der Waals surface area contributed by atoms with Gasteiger partial charge in [-0.3, -0.25) is 19.2 Å². The first-order valence-electron chi connectivity index (χ1n) is 10.8. The lowest BCUT2D eigenvalue weighted by molar-refractivity contribution is -0.151. The summed E-state index contributed by atoms with van der Waals surface area (Å²) in [6, 6.07) is 0. The van der Waals surface area contributed by atoms with E-state index in [1.54, 1.807) is 27.0 Å². The molecule has 2 unspecified atom stereocenters. The Kier molecular flexibility index (Phi) is 8.62. The van der Waals surface area contributed by atoms with Crippen molar-refractivity contribution in [3.05, 3.63) is 23.2 Å². The molecule has 2 aliphatic heterocycles. The summed E-state index contributed by atoms with van der Waals surface area (Å²) in [5.74, 6) is -1.49. The van der Waals surface area contributed by atoms with Crippen LogP contribution in [-0.2, 0) is 41.7 Å². The van der Waals surface area contributed by atoms with Gasteiger partial charge in [0, 0.05) is 24.9 Å². The Balaban J connectivity index is 1.55. The summed E-state index contributed by atoms with van der Waals surface area (Å²) in [4.78, 5) is 52.6. The second kappa shape index (κ2) is 11.4. The van der Waals surface area contributed by atoms with Gasteiger partial charge in [0.15, 0.2) is 0 Å². The number of carbonyl (C=O) groups excluding carboxylic acids is 4. The molecule has 0 bridgehead atoms. The number of aromatic nitrogens is 3. The minimum absolute atomic E-state index is 0.0170. The van der Waals surface area contributed by atoms with E-state index in [0.29, 0.717) is 36.5 Å². The number of thioether (sulfide) groups is 1. The smallest absolute Gasteiger partial charge is 0.433 e. The molecule has 35 heavy (non-hydrogen) atoms. The molecule has 0 radical (unpaired) electrons. The van der Waals surface area contributed by atoms with Crippen LogP contribution in [0.15, 0.2) is 22.5 Å². The van der Waals surface area contributed by atoms with Crippen molar-refractivity contribution in [3.63, 3.8) is 0 Å². The second-order valence-corrected chi connectivity index (χ2v) is 9.78. The van der Waals surface area contributed by atoms with Gasteiger partial charge in [-0.2, -0.15) is 4.99 Å². The molecule has 0 aliphatic carbocycles. The van der Waals surface area contributed by atoms with E-state index in [0.717, 1.165) is 0 Å². The highest BCUT2D eigenvalue weighted by Gasteiger charge is 2.53. The van der Waals surface area contributed by atoms with E-state index in [9.17, 15) is 24.3 Å². The van der Waals surface area contributed by atoms with Crippen LogP contribution in [0.1, 0.15) is 32.9 Å². The number of esters is 1. The molecule has 1 saturated heterocycles. The largest absolute Gasteiger partial charge is 0.461 e. The summed E-state index contributed by atoms with van der Waals surface area (Å²) in [6.45, 7) is 5.52. The van der Waals surface area contributed by atoms with Gasteiger partial charge in [-0.15, -0.1) is 16.9 Å². The van der Waals surface area contributed by atoms with E-state index in [2.05, 4.69) is 20.0 Å². The molecule has 0 saturated carbocycles. The summed E-state index contributed by atoms with van der Waals surface area (Å²) < 4.78 is 16.6. The van der Waals surface area contributed by atoms with Crippen LogP contribution in [0.5, 0.6) is 0 Å². The van der Waals surface area contributed by atoms with Gasteiger partial charge in [0.25, 0.3) is 6.47 Å². The van der Waals surface area contributed by atoms with Crippen LogP contribution in [-0.4, -0.2) is 85.6 Å². The van der Waals surface area contributed by atoms with Gasteiger partial charge in [-0.25, -0.2) is 9.59 Å². The van der Waals surface area contributed by atoms with E-state index in [1.807, 2.05) is 0 Å². The first-order valence-corrected chi connectivity index (χ1v) is 11.9. The Morgan fingerprint density at radius 3 is 2.83 bits per heavy atom. The van der Waals surface area contributed by atoms with Crippen LogP contribution in [0.4, 0.5) is 4.79 Å². The van der Waals surface area contributed by atoms with E-state index in [-0.39, 0.29) is 18.9 Å². The molecule has 2 aliphatic rings. The lowest BCUT2D eigenvalue weighted by Gasteiger charge is -2.48. The number of hydrogen-bond acceptors (Lipinski definition) is 11. The fraction of sp³-hybridized carbons (Fsp3) is 0.571. The highest BCUT2D eigenvalue weighted by molar-refractivity contribution is 8.00. The first-order chi connectivity index (χ1) is 16.6. The van der Waals surface area contributed by atoms with Gasteiger partial charge in [0.05, 0.1) is 24.8 Å². The number of aryl methyl sites for hydroxylation is 1. The third-order valence-corrected chi connectivity index (χ3v) is 6.22. The van der Waals surface area contributed by atoms with Crippen LogP contribution >= 0.6 is 11.8 Å². The topological polar surface area (TPSA) is 163 Å². The molecule has 13 nitrogen and oxygen atoms in total. The average molecular weight is 510 g/mol. The zero-order valence-corrected chi connectivity index (χ0v) is 20.4. The Morgan fingerprint density at radius 1 is 1.37 bits per heavy atom.